The summed E-state index contributed by atoms with van der Waals surface area (Å²) in [5.41, 5.74) is 0.249. The molecule has 2 amide bonds. The lowest BCUT2D eigenvalue weighted by atomic mass is 10.1. The largest absolute Gasteiger partial charge is 0.416 e. The maximum Gasteiger partial charge on any atom is 0.416 e. The molecule has 6 nitrogen and oxygen atoms in total. The second-order valence-electron chi connectivity index (χ2n) is 7.73. The highest BCUT2D eigenvalue weighted by atomic mass is 32.2. The van der Waals surface area contributed by atoms with Gasteiger partial charge in [0.2, 0.25) is 0 Å². The van der Waals surface area contributed by atoms with Crippen LogP contribution in [-0.2, 0) is 16.0 Å². The van der Waals surface area contributed by atoms with Crippen molar-refractivity contribution in [2.75, 3.05) is 11.1 Å². The number of sulfone groups is 1. The Balaban J connectivity index is 2.07. The Bertz CT molecular complexity index is 1070. The Morgan fingerprint density at radius 1 is 1.03 bits per heavy atom. The smallest absolute Gasteiger partial charge is 0.334 e. The van der Waals surface area contributed by atoms with Crippen molar-refractivity contribution in [1.29, 1.82) is 5.26 Å². The summed E-state index contributed by atoms with van der Waals surface area (Å²) in [6.45, 7) is 5.05. The number of carbonyl (C=O) groups excluding carboxylic acids is 1. The van der Waals surface area contributed by atoms with Gasteiger partial charge in [-0.1, -0.05) is 26.0 Å². The van der Waals surface area contributed by atoms with Crippen molar-refractivity contribution in [3.63, 3.8) is 0 Å². The summed E-state index contributed by atoms with van der Waals surface area (Å²) < 4.78 is 63.8. The molecule has 0 aliphatic carbocycles. The Kier molecular flexibility index (Phi) is 7.91. The van der Waals surface area contributed by atoms with Gasteiger partial charge >= 0.3 is 12.2 Å². The van der Waals surface area contributed by atoms with Crippen LogP contribution >= 0.6 is 0 Å². The number of hydrogen-bond acceptors (Lipinski definition) is 4. The monoisotopic (exact) mass is 467 g/mol. The van der Waals surface area contributed by atoms with Gasteiger partial charge in [-0.3, -0.25) is 0 Å². The fraction of sp³-hybridized carbons (Fsp3) is 0.364. The standard InChI is InChI=1S/C22H24F3N3O3S/c1-14(2)20(13-32(30,31)15(3)17-6-4-16(12-26)5-7-17)28-21(29)27-19-10-8-18(9-11-19)22(23,24)25/h4-11,14-15,20H,13H2,1-3H3,(H2,27,28,29). The number of nitrogens with one attached hydrogen (secondary N) is 2. The quantitative estimate of drug-likeness (QED) is 0.605. The highest BCUT2D eigenvalue weighted by Crippen LogP contribution is 2.30. The minimum atomic E-state index is -4.48. The molecule has 0 radical (unpaired) electrons. The van der Waals surface area contributed by atoms with E-state index in [-0.39, 0.29) is 17.4 Å². The number of amides is 2. The number of nitriles is 1. The molecular weight excluding hydrogens is 443 g/mol. The molecular formula is C22H24F3N3O3S. The molecule has 0 heterocycles. The van der Waals surface area contributed by atoms with E-state index >= 15 is 0 Å². The fourth-order valence-electron chi connectivity index (χ4n) is 2.91. The van der Waals surface area contributed by atoms with E-state index in [0.29, 0.717) is 11.1 Å². The first-order chi connectivity index (χ1) is 14.8. The predicted molar refractivity (Wildman–Crippen MR) is 116 cm³/mol. The second kappa shape index (κ2) is 10.0. The lowest BCUT2D eigenvalue weighted by Crippen LogP contribution is -2.45. The van der Waals surface area contributed by atoms with E-state index in [1.54, 1.807) is 26.0 Å². The third kappa shape index (κ3) is 6.72. The van der Waals surface area contributed by atoms with Crippen molar-refractivity contribution < 1.29 is 26.4 Å². The second-order valence-corrected chi connectivity index (χ2v) is 10.1. The van der Waals surface area contributed by atoms with Crippen molar-refractivity contribution >= 4 is 21.6 Å². The van der Waals surface area contributed by atoms with E-state index in [2.05, 4.69) is 10.6 Å². The first-order valence-corrected chi connectivity index (χ1v) is 11.5. The third-order valence-corrected chi connectivity index (χ3v) is 7.22. The van der Waals surface area contributed by atoms with Gasteiger partial charge in [-0.05, 0) is 54.8 Å². The summed E-state index contributed by atoms with van der Waals surface area (Å²) in [6, 6.07) is 10.7. The molecule has 32 heavy (non-hydrogen) atoms. The van der Waals surface area contributed by atoms with Crippen LogP contribution in [0.2, 0.25) is 0 Å². The SMILES string of the molecule is CC(C)C(CS(=O)(=O)C(C)c1ccc(C#N)cc1)NC(=O)Nc1ccc(C(F)(F)F)cc1. The van der Waals surface area contributed by atoms with Gasteiger partial charge in [0.1, 0.15) is 0 Å². The molecule has 0 aliphatic heterocycles. The van der Waals surface area contributed by atoms with E-state index in [9.17, 15) is 26.4 Å². The number of urea groups is 1. The normalized spacial score (nSPS) is 13.8. The zero-order valence-corrected chi connectivity index (χ0v) is 18.6. The van der Waals surface area contributed by atoms with Crippen molar-refractivity contribution in [3.05, 3.63) is 65.2 Å². The van der Waals surface area contributed by atoms with Gasteiger partial charge in [-0.25, -0.2) is 13.2 Å². The van der Waals surface area contributed by atoms with Crippen LogP contribution in [0.5, 0.6) is 0 Å². The van der Waals surface area contributed by atoms with Crippen molar-refractivity contribution in [1.82, 2.24) is 5.32 Å². The maximum absolute atomic E-state index is 12.9. The number of anilines is 1. The average molecular weight is 468 g/mol. The molecule has 0 fully saturated rings. The molecule has 2 N–H and O–H groups in total. The van der Waals surface area contributed by atoms with Gasteiger partial charge in [0.25, 0.3) is 0 Å². The first-order valence-electron chi connectivity index (χ1n) is 9.80. The zero-order valence-electron chi connectivity index (χ0n) is 17.8. The van der Waals surface area contributed by atoms with Crippen LogP contribution in [-0.4, -0.2) is 26.2 Å². The molecule has 0 aliphatic rings. The van der Waals surface area contributed by atoms with E-state index in [4.69, 9.17) is 5.26 Å². The molecule has 0 aromatic heterocycles. The number of nitrogens with zero attached hydrogens (tertiary/aromatic N) is 1. The molecule has 2 rings (SSSR count). The molecule has 2 aromatic carbocycles. The van der Waals surface area contributed by atoms with Gasteiger partial charge in [-0.15, -0.1) is 0 Å². The molecule has 0 saturated carbocycles. The van der Waals surface area contributed by atoms with Crippen molar-refractivity contribution in [2.24, 2.45) is 5.92 Å². The summed E-state index contributed by atoms with van der Waals surface area (Å²) in [5, 5.41) is 13.0. The third-order valence-electron chi connectivity index (χ3n) is 5.05. The van der Waals surface area contributed by atoms with Gasteiger partial charge in [0.15, 0.2) is 9.84 Å². The Morgan fingerprint density at radius 2 is 1.59 bits per heavy atom. The molecule has 2 aromatic rings. The maximum atomic E-state index is 12.9. The van der Waals surface area contributed by atoms with Gasteiger partial charge in [-0.2, -0.15) is 18.4 Å². The summed E-state index contributed by atoms with van der Waals surface area (Å²) in [6.07, 6.45) is -4.48. The number of benzene rings is 2. The Labute approximate surface area is 185 Å². The minimum absolute atomic E-state index is 0.145. The molecule has 0 bridgehead atoms. The van der Waals surface area contributed by atoms with Gasteiger partial charge in [0.05, 0.1) is 28.2 Å². The van der Waals surface area contributed by atoms with Crippen LogP contribution in [0.15, 0.2) is 48.5 Å². The van der Waals surface area contributed by atoms with Crippen molar-refractivity contribution in [2.45, 2.75) is 38.2 Å². The lowest BCUT2D eigenvalue weighted by Gasteiger charge is -2.24. The van der Waals surface area contributed by atoms with Gasteiger partial charge < -0.3 is 10.6 Å². The Hall–Kier alpha value is -3.06. The summed E-state index contributed by atoms with van der Waals surface area (Å²) in [4.78, 5) is 12.3. The average Bonchev–Trinajstić information content (AvgIpc) is 2.72. The zero-order chi connectivity index (χ0) is 24.1. The van der Waals surface area contributed by atoms with Crippen LogP contribution in [0.3, 0.4) is 0 Å². The number of alkyl halides is 3. The highest BCUT2D eigenvalue weighted by molar-refractivity contribution is 7.91. The summed E-state index contributed by atoms with van der Waals surface area (Å²) >= 11 is 0. The lowest BCUT2D eigenvalue weighted by molar-refractivity contribution is -0.137. The summed E-state index contributed by atoms with van der Waals surface area (Å²) in [7, 11) is -3.67. The predicted octanol–water partition coefficient (Wildman–Crippen LogP) is 4.90. The van der Waals surface area contributed by atoms with Crippen LogP contribution in [0.1, 0.15) is 42.7 Å². The number of carbonyl (C=O) groups is 1. The number of rotatable bonds is 7. The van der Waals surface area contributed by atoms with Crippen LogP contribution in [0.4, 0.5) is 23.7 Å². The van der Waals surface area contributed by atoms with Crippen LogP contribution in [0, 0.1) is 17.2 Å². The van der Waals surface area contributed by atoms with Crippen LogP contribution in [0.25, 0.3) is 0 Å². The summed E-state index contributed by atoms with van der Waals surface area (Å²) in [5.74, 6) is -0.553. The molecule has 2 atom stereocenters. The van der Waals surface area contributed by atoms with Gasteiger partial charge in [0, 0.05) is 11.7 Å². The van der Waals surface area contributed by atoms with E-state index < -0.39 is 38.9 Å². The molecule has 172 valence electrons. The fourth-order valence-corrected chi connectivity index (χ4v) is 4.74. The molecule has 0 saturated heterocycles. The Morgan fingerprint density at radius 3 is 2.06 bits per heavy atom. The minimum Gasteiger partial charge on any atom is -0.334 e. The number of hydrogen-bond donors (Lipinski definition) is 2. The van der Waals surface area contributed by atoms with E-state index in [1.807, 2.05) is 6.07 Å². The molecule has 2 unspecified atom stereocenters. The van der Waals surface area contributed by atoms with E-state index in [0.717, 1.165) is 24.3 Å². The molecule has 0 spiro atoms. The van der Waals surface area contributed by atoms with Crippen molar-refractivity contribution in [3.8, 4) is 6.07 Å². The van der Waals surface area contributed by atoms with E-state index in [1.165, 1.54) is 19.1 Å². The first kappa shape index (κ1) is 25.2. The van der Waals surface area contributed by atoms with Crippen LogP contribution < -0.4 is 10.6 Å². The topological polar surface area (TPSA) is 99.1 Å². The number of halogens is 3. The highest BCUT2D eigenvalue weighted by Gasteiger charge is 2.31. The molecule has 10 heteroatoms.